The zero-order valence-corrected chi connectivity index (χ0v) is 7.95. The molecular weight excluding hydrogens is 201 g/mol. The summed E-state index contributed by atoms with van der Waals surface area (Å²) in [5, 5.41) is 17.7. The Labute approximate surface area is 85.5 Å². The van der Waals surface area contributed by atoms with Crippen molar-refractivity contribution in [3.63, 3.8) is 0 Å². The molecule has 78 valence electrons. The SMILES string of the molecule is CCOC(=O)c1cc(O)c(C#N)c(F)c1. The van der Waals surface area contributed by atoms with Crippen molar-refractivity contribution in [2.75, 3.05) is 6.61 Å². The minimum atomic E-state index is -0.944. The van der Waals surface area contributed by atoms with Crippen molar-refractivity contribution >= 4 is 5.97 Å². The fraction of sp³-hybridized carbons (Fsp3) is 0.200. The second-order valence-electron chi connectivity index (χ2n) is 2.68. The van der Waals surface area contributed by atoms with Crippen molar-refractivity contribution in [1.82, 2.24) is 0 Å². The number of nitriles is 1. The highest BCUT2D eigenvalue weighted by atomic mass is 19.1. The lowest BCUT2D eigenvalue weighted by molar-refractivity contribution is 0.0525. The summed E-state index contributed by atoms with van der Waals surface area (Å²) in [6.07, 6.45) is 0. The number of esters is 1. The van der Waals surface area contributed by atoms with Gasteiger partial charge < -0.3 is 9.84 Å². The molecule has 0 aliphatic rings. The van der Waals surface area contributed by atoms with E-state index in [2.05, 4.69) is 4.74 Å². The highest BCUT2D eigenvalue weighted by molar-refractivity contribution is 5.90. The molecule has 0 fully saturated rings. The quantitative estimate of drug-likeness (QED) is 0.750. The van der Waals surface area contributed by atoms with E-state index in [9.17, 15) is 14.3 Å². The first kappa shape index (κ1) is 11.0. The van der Waals surface area contributed by atoms with Gasteiger partial charge in [-0.1, -0.05) is 0 Å². The molecule has 0 atom stereocenters. The molecule has 15 heavy (non-hydrogen) atoms. The first-order valence-corrected chi connectivity index (χ1v) is 4.19. The number of ether oxygens (including phenoxy) is 1. The van der Waals surface area contributed by atoms with Gasteiger partial charge in [-0.25, -0.2) is 9.18 Å². The number of benzene rings is 1. The summed E-state index contributed by atoms with van der Waals surface area (Å²) in [5.41, 5.74) is -0.603. The molecule has 0 heterocycles. The van der Waals surface area contributed by atoms with Crippen LogP contribution in [0.15, 0.2) is 12.1 Å². The van der Waals surface area contributed by atoms with Crippen LogP contribution in [0.3, 0.4) is 0 Å². The first-order chi connectivity index (χ1) is 7.10. The van der Waals surface area contributed by atoms with Crippen LogP contribution >= 0.6 is 0 Å². The van der Waals surface area contributed by atoms with Crippen LogP contribution in [0.1, 0.15) is 22.8 Å². The maximum absolute atomic E-state index is 13.1. The van der Waals surface area contributed by atoms with Gasteiger partial charge in [-0.3, -0.25) is 0 Å². The van der Waals surface area contributed by atoms with Gasteiger partial charge in [0.1, 0.15) is 23.2 Å². The molecule has 0 amide bonds. The average Bonchev–Trinajstić information content (AvgIpc) is 2.17. The lowest BCUT2D eigenvalue weighted by Crippen LogP contribution is -2.05. The zero-order valence-electron chi connectivity index (χ0n) is 7.95. The van der Waals surface area contributed by atoms with E-state index in [1.807, 2.05) is 0 Å². The second kappa shape index (κ2) is 4.42. The van der Waals surface area contributed by atoms with Gasteiger partial charge in [-0.05, 0) is 19.1 Å². The molecule has 0 aliphatic carbocycles. The van der Waals surface area contributed by atoms with Crippen LogP contribution in [0.2, 0.25) is 0 Å². The molecule has 0 radical (unpaired) electrons. The number of phenols is 1. The van der Waals surface area contributed by atoms with Crippen LogP contribution in [-0.2, 0) is 4.74 Å². The van der Waals surface area contributed by atoms with Gasteiger partial charge in [0.25, 0.3) is 0 Å². The molecule has 4 nitrogen and oxygen atoms in total. The van der Waals surface area contributed by atoms with E-state index in [4.69, 9.17) is 5.26 Å². The molecule has 0 saturated heterocycles. The zero-order chi connectivity index (χ0) is 11.4. The number of phenolic OH excluding ortho intramolecular Hbond substituents is 1. The third-order valence-corrected chi connectivity index (χ3v) is 1.69. The predicted molar refractivity (Wildman–Crippen MR) is 48.7 cm³/mol. The third-order valence-electron chi connectivity index (χ3n) is 1.69. The maximum atomic E-state index is 13.1. The van der Waals surface area contributed by atoms with Crippen molar-refractivity contribution < 1.29 is 19.0 Å². The molecule has 0 saturated carbocycles. The number of carbonyl (C=O) groups is 1. The molecule has 0 aliphatic heterocycles. The van der Waals surface area contributed by atoms with Crippen LogP contribution in [0, 0.1) is 17.1 Å². The summed E-state index contributed by atoms with van der Waals surface area (Å²) in [6.45, 7) is 1.76. The van der Waals surface area contributed by atoms with Crippen LogP contribution in [0.5, 0.6) is 5.75 Å². The summed E-state index contributed by atoms with van der Waals surface area (Å²) >= 11 is 0. The number of hydrogen-bond donors (Lipinski definition) is 1. The Balaban J connectivity index is 3.15. The summed E-state index contributed by atoms with van der Waals surface area (Å²) in [7, 11) is 0. The van der Waals surface area contributed by atoms with Gasteiger partial charge in [-0.15, -0.1) is 0 Å². The molecular formula is C10H8FNO3. The Morgan fingerprint density at radius 3 is 2.80 bits per heavy atom. The highest BCUT2D eigenvalue weighted by Crippen LogP contribution is 2.22. The molecule has 1 aromatic rings. The molecule has 1 N–H and O–H groups in total. The first-order valence-electron chi connectivity index (χ1n) is 4.19. The summed E-state index contributed by atoms with van der Waals surface area (Å²) in [5.74, 6) is -2.25. The monoisotopic (exact) mass is 209 g/mol. The second-order valence-corrected chi connectivity index (χ2v) is 2.68. The Bertz CT molecular complexity index is 414. The number of rotatable bonds is 2. The minimum Gasteiger partial charge on any atom is -0.506 e. The number of carbonyl (C=O) groups excluding carboxylic acids is 1. The van der Waals surface area contributed by atoms with E-state index < -0.39 is 23.1 Å². The number of hydrogen-bond acceptors (Lipinski definition) is 4. The van der Waals surface area contributed by atoms with E-state index in [0.29, 0.717) is 0 Å². The molecule has 1 rings (SSSR count). The standard InChI is InChI=1S/C10H8FNO3/c1-2-15-10(14)6-3-8(11)7(5-12)9(13)4-6/h3-4,13H,2H2,1H3. The lowest BCUT2D eigenvalue weighted by atomic mass is 10.1. The average molecular weight is 209 g/mol. The minimum absolute atomic E-state index is 0.120. The van der Waals surface area contributed by atoms with E-state index >= 15 is 0 Å². The van der Waals surface area contributed by atoms with Gasteiger partial charge in [0.2, 0.25) is 0 Å². The Hall–Kier alpha value is -2.09. The van der Waals surface area contributed by atoms with Crippen LogP contribution in [0.4, 0.5) is 4.39 Å². The fourth-order valence-electron chi connectivity index (χ4n) is 1.04. The van der Waals surface area contributed by atoms with Crippen molar-refractivity contribution in [3.8, 4) is 11.8 Å². The summed E-state index contributed by atoms with van der Waals surface area (Å²) in [4.78, 5) is 11.2. The molecule has 0 aromatic heterocycles. The largest absolute Gasteiger partial charge is 0.506 e. The van der Waals surface area contributed by atoms with Crippen LogP contribution in [-0.4, -0.2) is 17.7 Å². The predicted octanol–water partition coefficient (Wildman–Crippen LogP) is 1.58. The number of nitrogens with zero attached hydrogens (tertiary/aromatic N) is 1. The Kier molecular flexibility index (Phi) is 3.24. The Morgan fingerprint density at radius 2 is 2.33 bits per heavy atom. The molecule has 0 bridgehead atoms. The molecule has 0 unspecified atom stereocenters. The van der Waals surface area contributed by atoms with Crippen molar-refractivity contribution in [2.24, 2.45) is 0 Å². The van der Waals surface area contributed by atoms with Gasteiger partial charge in [-0.2, -0.15) is 5.26 Å². The van der Waals surface area contributed by atoms with Crippen LogP contribution in [0.25, 0.3) is 0 Å². The van der Waals surface area contributed by atoms with Crippen molar-refractivity contribution in [3.05, 3.63) is 29.1 Å². The highest BCUT2D eigenvalue weighted by Gasteiger charge is 2.14. The van der Waals surface area contributed by atoms with Gasteiger partial charge >= 0.3 is 5.97 Å². The van der Waals surface area contributed by atoms with Gasteiger partial charge in [0.05, 0.1) is 12.2 Å². The summed E-state index contributed by atoms with van der Waals surface area (Å²) < 4.78 is 17.7. The number of halogens is 1. The van der Waals surface area contributed by atoms with Gasteiger partial charge in [0, 0.05) is 0 Å². The van der Waals surface area contributed by atoms with Gasteiger partial charge in [0.15, 0.2) is 0 Å². The van der Waals surface area contributed by atoms with E-state index in [1.54, 1.807) is 6.92 Å². The lowest BCUT2D eigenvalue weighted by Gasteiger charge is -2.03. The molecule has 1 aromatic carbocycles. The maximum Gasteiger partial charge on any atom is 0.338 e. The van der Waals surface area contributed by atoms with E-state index in [1.165, 1.54) is 6.07 Å². The summed E-state index contributed by atoms with van der Waals surface area (Å²) in [6, 6.07) is 3.34. The molecule has 0 spiro atoms. The molecule has 5 heteroatoms. The normalized spacial score (nSPS) is 9.40. The smallest absolute Gasteiger partial charge is 0.338 e. The van der Waals surface area contributed by atoms with Crippen LogP contribution < -0.4 is 0 Å². The van der Waals surface area contributed by atoms with Crippen molar-refractivity contribution in [1.29, 1.82) is 5.26 Å². The van der Waals surface area contributed by atoms with Crippen molar-refractivity contribution in [2.45, 2.75) is 6.92 Å². The van der Waals surface area contributed by atoms with E-state index in [-0.39, 0.29) is 12.2 Å². The third kappa shape index (κ3) is 2.23. The fourth-order valence-corrected chi connectivity index (χ4v) is 1.04. The topological polar surface area (TPSA) is 70.3 Å². The number of aromatic hydroxyl groups is 1. The van der Waals surface area contributed by atoms with E-state index in [0.717, 1.165) is 12.1 Å². The Morgan fingerprint density at radius 1 is 1.67 bits per heavy atom.